The Bertz CT molecular complexity index is 706. The van der Waals surface area contributed by atoms with E-state index in [1.807, 2.05) is 36.4 Å². The zero-order chi connectivity index (χ0) is 16.4. The molecule has 1 aromatic heterocycles. The minimum atomic E-state index is -0.285. The summed E-state index contributed by atoms with van der Waals surface area (Å²) in [4.78, 5) is 20.1. The number of urea groups is 1. The minimum absolute atomic E-state index is 0.0580. The van der Waals surface area contributed by atoms with Crippen LogP contribution in [0, 0.1) is 0 Å². The fourth-order valence-electron chi connectivity index (χ4n) is 2.58. The summed E-state index contributed by atoms with van der Waals surface area (Å²) >= 11 is 5.99. The summed E-state index contributed by atoms with van der Waals surface area (Å²) in [6.07, 6.45) is -0.285. The number of fused-ring (bicyclic) bond motifs is 1. The maximum absolute atomic E-state index is 12.5. The number of amides is 2. The van der Waals surface area contributed by atoms with Crippen molar-refractivity contribution in [1.29, 1.82) is 0 Å². The van der Waals surface area contributed by atoms with Crippen molar-refractivity contribution in [3.8, 4) is 5.88 Å². The molecule has 1 aliphatic rings. The molecule has 0 N–H and O–H groups in total. The number of hydrogen-bond donors (Lipinski definition) is 0. The van der Waals surface area contributed by atoms with Gasteiger partial charge in [-0.25, -0.2) is 9.78 Å². The Morgan fingerprint density at radius 3 is 2.70 bits per heavy atom. The van der Waals surface area contributed by atoms with Gasteiger partial charge in [0.15, 0.2) is 0 Å². The molecule has 0 fully saturated rings. The van der Waals surface area contributed by atoms with E-state index in [9.17, 15) is 4.79 Å². The third-order valence-corrected chi connectivity index (χ3v) is 3.94. The van der Waals surface area contributed by atoms with Gasteiger partial charge in [0, 0.05) is 19.7 Å². The first-order valence-electron chi connectivity index (χ1n) is 7.38. The fraction of sp³-hybridized carbons (Fsp3) is 0.294. The summed E-state index contributed by atoms with van der Waals surface area (Å²) < 4.78 is 6.08. The van der Waals surface area contributed by atoms with Crippen LogP contribution in [0.15, 0.2) is 42.5 Å². The van der Waals surface area contributed by atoms with Crippen LogP contribution in [0.1, 0.15) is 17.2 Å². The second-order valence-electron chi connectivity index (χ2n) is 5.67. The number of ether oxygens (including phenoxy) is 1. The predicted octanol–water partition coefficient (Wildman–Crippen LogP) is 3.35. The zero-order valence-corrected chi connectivity index (χ0v) is 13.8. The van der Waals surface area contributed by atoms with Crippen LogP contribution in [0.4, 0.5) is 4.79 Å². The number of benzene rings is 1. The molecule has 0 spiro atoms. The zero-order valence-electron chi connectivity index (χ0n) is 13.1. The van der Waals surface area contributed by atoms with Gasteiger partial charge in [0.25, 0.3) is 0 Å². The lowest BCUT2D eigenvalue weighted by molar-refractivity contribution is 0.132. The lowest BCUT2D eigenvalue weighted by Gasteiger charge is -2.26. The Hall–Kier alpha value is -2.27. The molecule has 0 radical (unpaired) electrons. The highest BCUT2D eigenvalue weighted by Crippen LogP contribution is 2.31. The summed E-state index contributed by atoms with van der Waals surface area (Å²) in [5, 5.41) is 0.378. The van der Waals surface area contributed by atoms with Gasteiger partial charge in [-0.15, -0.1) is 0 Å². The average Bonchev–Trinajstić information content (AvgIpc) is 2.74. The topological polar surface area (TPSA) is 45.7 Å². The van der Waals surface area contributed by atoms with E-state index in [4.69, 9.17) is 16.3 Å². The largest absolute Gasteiger partial charge is 0.467 e. The van der Waals surface area contributed by atoms with E-state index < -0.39 is 0 Å². The average molecular weight is 332 g/mol. The summed E-state index contributed by atoms with van der Waals surface area (Å²) in [6.45, 7) is 0.898. The van der Waals surface area contributed by atoms with Crippen LogP contribution < -0.4 is 4.74 Å². The second kappa shape index (κ2) is 6.46. The van der Waals surface area contributed by atoms with Gasteiger partial charge in [0.05, 0.1) is 13.1 Å². The summed E-state index contributed by atoms with van der Waals surface area (Å²) in [6, 6.07) is 13.3. The van der Waals surface area contributed by atoms with Crippen molar-refractivity contribution in [3.63, 3.8) is 0 Å². The smallest absolute Gasteiger partial charge is 0.319 e. The lowest BCUT2D eigenvalue weighted by atomic mass is 10.1. The van der Waals surface area contributed by atoms with Gasteiger partial charge in [0.1, 0.15) is 11.3 Å². The molecule has 5 nitrogen and oxygen atoms in total. The number of pyridine rings is 1. The molecule has 0 unspecified atom stereocenters. The van der Waals surface area contributed by atoms with Crippen molar-refractivity contribution in [1.82, 2.24) is 14.8 Å². The van der Waals surface area contributed by atoms with E-state index in [1.165, 1.54) is 0 Å². The Kier molecular flexibility index (Phi) is 4.39. The Balaban J connectivity index is 1.99. The molecule has 0 saturated heterocycles. The standard InChI is InChI=1S/C17H18ClN3O2/c1-20(2)17(22)21-10-13-8-9-15(18)19-16(13)23-14(11-21)12-6-4-3-5-7-12/h3-9,14H,10-11H2,1-2H3/t14-/m0/s1. The fourth-order valence-corrected chi connectivity index (χ4v) is 2.72. The van der Waals surface area contributed by atoms with Crippen molar-refractivity contribution in [2.45, 2.75) is 12.6 Å². The van der Waals surface area contributed by atoms with Gasteiger partial charge in [-0.1, -0.05) is 41.9 Å². The van der Waals surface area contributed by atoms with Crippen molar-refractivity contribution in [3.05, 3.63) is 58.7 Å². The molecular formula is C17H18ClN3O2. The molecule has 120 valence electrons. The van der Waals surface area contributed by atoms with Gasteiger partial charge in [0.2, 0.25) is 5.88 Å². The summed E-state index contributed by atoms with van der Waals surface area (Å²) in [5.74, 6) is 0.486. The van der Waals surface area contributed by atoms with Gasteiger partial charge in [-0.05, 0) is 17.7 Å². The number of hydrogen-bond acceptors (Lipinski definition) is 3. The molecule has 2 amide bonds. The van der Waals surface area contributed by atoms with Gasteiger partial charge in [-0.2, -0.15) is 0 Å². The molecule has 23 heavy (non-hydrogen) atoms. The summed E-state index contributed by atoms with van der Waals surface area (Å²) in [5.41, 5.74) is 1.85. The molecule has 2 aromatic rings. The predicted molar refractivity (Wildman–Crippen MR) is 88.6 cm³/mol. The molecule has 2 heterocycles. The van der Waals surface area contributed by atoms with Crippen LogP contribution in [-0.4, -0.2) is 41.5 Å². The number of carbonyl (C=O) groups excluding carboxylic acids is 1. The SMILES string of the molecule is CN(C)C(=O)N1Cc2ccc(Cl)nc2O[C@H](c2ccccc2)C1. The summed E-state index contributed by atoms with van der Waals surface area (Å²) in [7, 11) is 3.49. The van der Waals surface area contributed by atoms with Crippen molar-refractivity contribution in [2.75, 3.05) is 20.6 Å². The monoisotopic (exact) mass is 331 g/mol. The van der Waals surface area contributed by atoms with Crippen molar-refractivity contribution < 1.29 is 9.53 Å². The normalized spacial score (nSPS) is 17.0. The van der Waals surface area contributed by atoms with E-state index in [1.54, 1.807) is 30.0 Å². The van der Waals surface area contributed by atoms with Gasteiger partial charge < -0.3 is 14.5 Å². The van der Waals surface area contributed by atoms with Crippen molar-refractivity contribution >= 4 is 17.6 Å². The van der Waals surface area contributed by atoms with Gasteiger partial charge >= 0.3 is 6.03 Å². The van der Waals surface area contributed by atoms with E-state index >= 15 is 0 Å². The van der Waals surface area contributed by atoms with E-state index in [0.29, 0.717) is 24.1 Å². The molecule has 3 rings (SSSR count). The molecule has 1 aliphatic heterocycles. The Morgan fingerprint density at radius 1 is 1.26 bits per heavy atom. The molecular weight excluding hydrogens is 314 g/mol. The maximum atomic E-state index is 12.5. The highest BCUT2D eigenvalue weighted by atomic mass is 35.5. The molecule has 1 aromatic carbocycles. The Labute approximate surface area is 140 Å². The van der Waals surface area contributed by atoms with E-state index in [0.717, 1.165) is 11.1 Å². The van der Waals surface area contributed by atoms with Crippen LogP contribution in [0.5, 0.6) is 5.88 Å². The first-order valence-corrected chi connectivity index (χ1v) is 7.75. The maximum Gasteiger partial charge on any atom is 0.319 e. The van der Waals surface area contributed by atoms with Crippen LogP contribution >= 0.6 is 11.6 Å². The van der Waals surface area contributed by atoms with Crippen LogP contribution in [0.2, 0.25) is 5.15 Å². The minimum Gasteiger partial charge on any atom is -0.467 e. The van der Waals surface area contributed by atoms with E-state index in [-0.39, 0.29) is 12.1 Å². The molecule has 6 heteroatoms. The van der Waals surface area contributed by atoms with Crippen molar-refractivity contribution in [2.24, 2.45) is 0 Å². The quantitative estimate of drug-likeness (QED) is 0.753. The third-order valence-electron chi connectivity index (χ3n) is 3.73. The second-order valence-corrected chi connectivity index (χ2v) is 6.06. The van der Waals surface area contributed by atoms with E-state index in [2.05, 4.69) is 4.98 Å². The highest BCUT2D eigenvalue weighted by Gasteiger charge is 2.28. The van der Waals surface area contributed by atoms with Crippen LogP contribution in [0.3, 0.4) is 0 Å². The number of nitrogens with zero attached hydrogens (tertiary/aromatic N) is 3. The van der Waals surface area contributed by atoms with Crippen LogP contribution in [0.25, 0.3) is 0 Å². The van der Waals surface area contributed by atoms with Gasteiger partial charge in [-0.3, -0.25) is 0 Å². The first-order chi connectivity index (χ1) is 11.0. The lowest BCUT2D eigenvalue weighted by Crippen LogP contribution is -2.40. The molecule has 1 atom stereocenters. The number of aromatic nitrogens is 1. The third kappa shape index (κ3) is 3.40. The highest BCUT2D eigenvalue weighted by molar-refractivity contribution is 6.29. The number of carbonyl (C=O) groups is 1. The molecule has 0 aliphatic carbocycles. The number of rotatable bonds is 1. The Morgan fingerprint density at radius 2 is 2.00 bits per heavy atom. The molecule has 0 bridgehead atoms. The number of halogens is 1. The first kappa shape index (κ1) is 15.6. The molecule has 0 saturated carbocycles. The van der Waals surface area contributed by atoms with Crippen LogP contribution in [-0.2, 0) is 6.54 Å².